The summed E-state index contributed by atoms with van der Waals surface area (Å²) in [7, 11) is 0. The van der Waals surface area contributed by atoms with E-state index >= 15 is 0 Å². The van der Waals surface area contributed by atoms with Crippen LogP contribution in [0.1, 0.15) is 33.6 Å². The molecule has 4 nitrogen and oxygen atoms in total. The Morgan fingerprint density at radius 3 is 2.68 bits per heavy atom. The summed E-state index contributed by atoms with van der Waals surface area (Å²) in [5.41, 5.74) is -0.243. The molecule has 0 aromatic rings. The molecule has 3 rings (SSSR count). The lowest BCUT2D eigenvalue weighted by Crippen LogP contribution is -2.61. The molecule has 0 amide bonds. The van der Waals surface area contributed by atoms with Crippen LogP contribution in [0, 0.1) is 23.7 Å². The average Bonchev–Trinajstić information content (AvgIpc) is 2.58. The van der Waals surface area contributed by atoms with Gasteiger partial charge in [-0.15, -0.1) is 0 Å². The topological polar surface area (TPSA) is 69.9 Å². The molecule has 0 aromatic carbocycles. The molecule has 3 aliphatic rings. The molecular formula is C15H24O4. The van der Waals surface area contributed by atoms with Gasteiger partial charge >= 0.3 is 0 Å². The van der Waals surface area contributed by atoms with Gasteiger partial charge in [0.05, 0.1) is 12.7 Å². The zero-order chi connectivity index (χ0) is 14.0. The van der Waals surface area contributed by atoms with Crippen molar-refractivity contribution in [3.05, 3.63) is 11.6 Å². The number of fused-ring (bicyclic) bond motifs is 1. The molecule has 2 bridgehead atoms. The van der Waals surface area contributed by atoms with Crippen LogP contribution >= 0.6 is 0 Å². The average molecular weight is 268 g/mol. The SMILES string of the molecule is CC(C)[C@@H]1[C@@H]2[C@H]3CC[C@@](C)(O)[C@]2(O)O[C@@H]1C=C3CO. The molecule has 3 N–H and O–H groups in total. The van der Waals surface area contributed by atoms with Gasteiger partial charge in [0, 0.05) is 5.92 Å². The minimum absolute atomic E-state index is 0.0179. The minimum atomic E-state index is -1.48. The van der Waals surface area contributed by atoms with Crippen molar-refractivity contribution in [3.63, 3.8) is 0 Å². The summed E-state index contributed by atoms with van der Waals surface area (Å²) in [5, 5.41) is 31.1. The molecule has 1 saturated carbocycles. The number of ether oxygens (including phenoxy) is 1. The summed E-state index contributed by atoms with van der Waals surface area (Å²) < 4.78 is 5.88. The van der Waals surface area contributed by atoms with Gasteiger partial charge < -0.3 is 20.1 Å². The maximum absolute atomic E-state index is 11.0. The Kier molecular flexibility index (Phi) is 2.88. The summed E-state index contributed by atoms with van der Waals surface area (Å²) in [6.45, 7) is 5.94. The number of rotatable bonds is 2. The number of hydrogen-bond acceptors (Lipinski definition) is 4. The van der Waals surface area contributed by atoms with Gasteiger partial charge in [-0.1, -0.05) is 19.9 Å². The van der Waals surface area contributed by atoms with Gasteiger partial charge in [-0.25, -0.2) is 0 Å². The van der Waals surface area contributed by atoms with Gasteiger partial charge in [-0.05, 0) is 43.1 Å². The summed E-state index contributed by atoms with van der Waals surface area (Å²) >= 11 is 0. The van der Waals surface area contributed by atoms with Gasteiger partial charge in [-0.2, -0.15) is 0 Å². The second-order valence-electron chi connectivity index (χ2n) is 6.94. The van der Waals surface area contributed by atoms with E-state index in [2.05, 4.69) is 13.8 Å². The van der Waals surface area contributed by atoms with Crippen LogP contribution in [0.25, 0.3) is 0 Å². The van der Waals surface area contributed by atoms with Gasteiger partial charge in [0.2, 0.25) is 0 Å². The summed E-state index contributed by atoms with van der Waals surface area (Å²) in [4.78, 5) is 0. The van der Waals surface area contributed by atoms with Gasteiger partial charge in [-0.3, -0.25) is 0 Å². The molecular weight excluding hydrogens is 244 g/mol. The van der Waals surface area contributed by atoms with Crippen LogP contribution in [0.5, 0.6) is 0 Å². The molecule has 2 aliphatic carbocycles. The first-order valence-electron chi connectivity index (χ1n) is 7.26. The molecule has 1 saturated heterocycles. The van der Waals surface area contributed by atoms with Crippen molar-refractivity contribution >= 4 is 0 Å². The molecule has 4 heteroatoms. The Morgan fingerprint density at radius 2 is 2.11 bits per heavy atom. The van der Waals surface area contributed by atoms with Crippen molar-refractivity contribution in [2.45, 2.75) is 51.1 Å². The molecule has 19 heavy (non-hydrogen) atoms. The smallest absolute Gasteiger partial charge is 0.199 e. The first kappa shape index (κ1) is 13.6. The highest BCUT2D eigenvalue weighted by atomic mass is 16.7. The highest BCUT2D eigenvalue weighted by molar-refractivity contribution is 5.27. The summed E-state index contributed by atoms with van der Waals surface area (Å²) in [6.07, 6.45) is 3.08. The van der Waals surface area contributed by atoms with Crippen LogP contribution < -0.4 is 0 Å². The molecule has 0 unspecified atom stereocenters. The molecule has 0 aromatic heterocycles. The van der Waals surface area contributed by atoms with E-state index in [9.17, 15) is 15.3 Å². The van der Waals surface area contributed by atoms with E-state index in [-0.39, 0.29) is 30.5 Å². The van der Waals surface area contributed by atoms with Crippen LogP contribution in [0.4, 0.5) is 0 Å². The minimum Gasteiger partial charge on any atom is -0.392 e. The number of aliphatic hydroxyl groups is 3. The molecule has 0 radical (unpaired) electrons. The van der Waals surface area contributed by atoms with Crippen molar-refractivity contribution in [1.29, 1.82) is 0 Å². The van der Waals surface area contributed by atoms with E-state index in [1.54, 1.807) is 6.92 Å². The standard InChI is InChI=1S/C15H24O4/c1-8(2)12-11-6-9(7-16)10-4-5-14(3,17)15(18,19-11)13(10)12/h6,8,10-13,16-18H,4-5,7H2,1-3H3/t10-,11+,12-,13-,14+,15+/m0/s1. The Morgan fingerprint density at radius 1 is 1.42 bits per heavy atom. The normalized spacial score (nSPS) is 52.5. The molecule has 6 atom stereocenters. The van der Waals surface area contributed by atoms with Crippen molar-refractivity contribution in [3.8, 4) is 0 Å². The van der Waals surface area contributed by atoms with Crippen molar-refractivity contribution < 1.29 is 20.1 Å². The van der Waals surface area contributed by atoms with E-state index in [0.717, 1.165) is 12.0 Å². The van der Waals surface area contributed by atoms with Crippen molar-refractivity contribution in [2.24, 2.45) is 23.7 Å². The van der Waals surface area contributed by atoms with Crippen LogP contribution in [0.2, 0.25) is 0 Å². The second-order valence-corrected chi connectivity index (χ2v) is 6.94. The monoisotopic (exact) mass is 268 g/mol. The van der Waals surface area contributed by atoms with Crippen LogP contribution in [-0.4, -0.2) is 39.4 Å². The van der Waals surface area contributed by atoms with Gasteiger partial charge in [0.1, 0.15) is 5.60 Å². The lowest BCUT2D eigenvalue weighted by molar-refractivity contribution is -0.314. The predicted octanol–water partition coefficient (Wildman–Crippen LogP) is 1.06. The number of hydrogen-bond donors (Lipinski definition) is 3. The van der Waals surface area contributed by atoms with Gasteiger partial charge in [0.15, 0.2) is 5.79 Å². The first-order valence-corrected chi connectivity index (χ1v) is 7.26. The Balaban J connectivity index is 2.09. The Bertz CT molecular complexity index is 414. The quantitative estimate of drug-likeness (QED) is 0.655. The fourth-order valence-corrected chi connectivity index (χ4v) is 4.51. The third-order valence-electron chi connectivity index (χ3n) is 5.52. The molecule has 1 aliphatic heterocycles. The van der Waals surface area contributed by atoms with E-state index in [1.165, 1.54) is 0 Å². The maximum Gasteiger partial charge on any atom is 0.199 e. The van der Waals surface area contributed by atoms with E-state index in [0.29, 0.717) is 12.3 Å². The van der Waals surface area contributed by atoms with E-state index in [4.69, 9.17) is 4.74 Å². The largest absolute Gasteiger partial charge is 0.392 e. The van der Waals surface area contributed by atoms with Crippen molar-refractivity contribution in [1.82, 2.24) is 0 Å². The third-order valence-corrected chi connectivity index (χ3v) is 5.52. The fourth-order valence-electron chi connectivity index (χ4n) is 4.51. The molecule has 108 valence electrons. The zero-order valence-electron chi connectivity index (χ0n) is 11.8. The van der Waals surface area contributed by atoms with Crippen LogP contribution in [0.15, 0.2) is 11.6 Å². The van der Waals surface area contributed by atoms with E-state index in [1.807, 2.05) is 6.08 Å². The summed E-state index contributed by atoms with van der Waals surface area (Å²) in [6, 6.07) is 0. The highest BCUT2D eigenvalue weighted by Gasteiger charge is 2.68. The molecule has 0 spiro atoms. The van der Waals surface area contributed by atoms with Crippen molar-refractivity contribution in [2.75, 3.05) is 6.61 Å². The van der Waals surface area contributed by atoms with Crippen LogP contribution in [0.3, 0.4) is 0 Å². The second kappa shape index (κ2) is 4.04. The third kappa shape index (κ3) is 1.60. The first-order chi connectivity index (χ1) is 8.82. The Labute approximate surface area is 114 Å². The zero-order valence-corrected chi connectivity index (χ0v) is 11.8. The lowest BCUT2D eigenvalue weighted by Gasteiger charge is -2.50. The van der Waals surface area contributed by atoms with Gasteiger partial charge in [0.25, 0.3) is 0 Å². The fraction of sp³-hybridized carbons (Fsp3) is 0.867. The van der Waals surface area contributed by atoms with Crippen LogP contribution in [-0.2, 0) is 4.74 Å². The molecule has 2 fully saturated rings. The predicted molar refractivity (Wildman–Crippen MR) is 70.2 cm³/mol. The summed E-state index contributed by atoms with van der Waals surface area (Å²) in [5.74, 6) is -0.896. The molecule has 1 heterocycles. The Hall–Kier alpha value is -0.420. The number of aliphatic hydroxyl groups excluding tert-OH is 1. The lowest BCUT2D eigenvalue weighted by atomic mass is 9.58. The highest BCUT2D eigenvalue weighted by Crippen LogP contribution is 2.60. The maximum atomic E-state index is 11.0. The van der Waals surface area contributed by atoms with E-state index < -0.39 is 11.4 Å².